The van der Waals surface area contributed by atoms with E-state index in [1.165, 1.54) is 12.0 Å². The second kappa shape index (κ2) is 14.1. The van der Waals surface area contributed by atoms with Crippen LogP contribution in [0.4, 0.5) is 0 Å². The van der Waals surface area contributed by atoms with Gasteiger partial charge in [0.2, 0.25) is 10.0 Å². The fourth-order valence-electron chi connectivity index (χ4n) is 4.86. The Hall–Kier alpha value is -1.38. The number of carboxylic acid groups (broad SMARTS) is 1. The van der Waals surface area contributed by atoms with Crippen molar-refractivity contribution < 1.29 is 18.3 Å². The Labute approximate surface area is 205 Å². The minimum atomic E-state index is -3.56. The quantitative estimate of drug-likeness (QED) is 0.325. The zero-order valence-electron chi connectivity index (χ0n) is 19.5. The zero-order chi connectivity index (χ0) is 22.8. The first-order chi connectivity index (χ1) is 15.4. The number of aliphatic carboxylic acids is 1. The molecule has 33 heavy (non-hydrogen) atoms. The highest BCUT2D eigenvalue weighted by Crippen LogP contribution is 2.25. The van der Waals surface area contributed by atoms with Gasteiger partial charge < -0.3 is 10.4 Å². The predicted octanol–water partition coefficient (Wildman–Crippen LogP) is 4.35. The van der Waals surface area contributed by atoms with E-state index in [0.717, 1.165) is 76.6 Å². The first kappa shape index (κ1) is 27.9. The molecule has 2 aliphatic heterocycles. The maximum atomic E-state index is 12.4. The molecule has 0 saturated heterocycles. The summed E-state index contributed by atoms with van der Waals surface area (Å²) in [6, 6.07) is -0.778. The molecule has 0 bridgehead atoms. The molecule has 3 rings (SSSR count). The molecule has 0 amide bonds. The van der Waals surface area contributed by atoms with Crippen molar-refractivity contribution >= 4 is 34.2 Å². The summed E-state index contributed by atoms with van der Waals surface area (Å²) in [5.74, 6) is 0.166. The van der Waals surface area contributed by atoms with Crippen LogP contribution in [-0.4, -0.2) is 49.7 Å². The Bertz CT molecular complexity index is 820. The number of nitrogens with zero attached hydrogens (tertiary/aromatic N) is 1. The number of nitrogens with one attached hydrogen (secondary N) is 2. The van der Waals surface area contributed by atoms with Crippen LogP contribution >= 0.6 is 12.4 Å². The topological polar surface area (TPSA) is 108 Å². The van der Waals surface area contributed by atoms with E-state index in [1.54, 1.807) is 0 Å². The minimum absolute atomic E-state index is 0. The predicted molar refractivity (Wildman–Crippen MR) is 136 cm³/mol. The average Bonchev–Trinajstić information content (AvgIpc) is 2.77. The summed E-state index contributed by atoms with van der Waals surface area (Å²) in [5, 5.41) is 12.8. The van der Waals surface area contributed by atoms with E-state index in [1.807, 2.05) is 0 Å². The molecule has 1 saturated carbocycles. The van der Waals surface area contributed by atoms with Crippen molar-refractivity contribution in [3.63, 3.8) is 0 Å². The van der Waals surface area contributed by atoms with Gasteiger partial charge >= 0.3 is 5.97 Å². The first-order valence-electron chi connectivity index (χ1n) is 12.4. The monoisotopic (exact) mass is 501 g/mol. The van der Waals surface area contributed by atoms with Gasteiger partial charge in [-0.15, -0.1) is 12.4 Å². The van der Waals surface area contributed by atoms with Gasteiger partial charge in [0.15, 0.2) is 0 Å². The largest absolute Gasteiger partial charge is 0.480 e. The van der Waals surface area contributed by atoms with E-state index < -0.39 is 22.0 Å². The summed E-state index contributed by atoms with van der Waals surface area (Å²) in [6.45, 7) is 0.955. The van der Waals surface area contributed by atoms with Gasteiger partial charge in [-0.1, -0.05) is 69.6 Å². The summed E-state index contributed by atoms with van der Waals surface area (Å²) in [7, 11) is -3.56. The van der Waals surface area contributed by atoms with E-state index in [2.05, 4.69) is 28.3 Å². The van der Waals surface area contributed by atoms with Crippen LogP contribution in [-0.2, 0) is 14.8 Å². The van der Waals surface area contributed by atoms with Crippen LogP contribution in [0.1, 0.15) is 83.5 Å². The van der Waals surface area contributed by atoms with E-state index in [-0.39, 0.29) is 30.1 Å². The SMILES string of the molecule is Cl.O=C(O)C(CCCCCCCC1C=CC2=CCCNC2=N1)NS(=O)(=O)CC1CCCCC1. The molecule has 2 atom stereocenters. The lowest BCUT2D eigenvalue weighted by Gasteiger charge is -2.22. The number of aliphatic imine (C=N–C) groups is 1. The molecule has 2 heterocycles. The van der Waals surface area contributed by atoms with Crippen LogP contribution in [0.2, 0.25) is 0 Å². The number of fused-ring (bicyclic) bond motifs is 1. The third kappa shape index (κ3) is 9.79. The summed E-state index contributed by atoms with van der Waals surface area (Å²) < 4.78 is 27.3. The van der Waals surface area contributed by atoms with Crippen LogP contribution in [0.15, 0.2) is 28.8 Å². The minimum Gasteiger partial charge on any atom is -0.480 e. The second-order valence-electron chi connectivity index (χ2n) is 9.42. The number of carbonyl (C=O) groups is 1. The van der Waals surface area contributed by atoms with Gasteiger partial charge in [-0.05, 0) is 38.0 Å². The summed E-state index contributed by atoms with van der Waals surface area (Å²) in [4.78, 5) is 16.3. The van der Waals surface area contributed by atoms with E-state index in [9.17, 15) is 18.3 Å². The van der Waals surface area contributed by atoms with Gasteiger partial charge in [0.25, 0.3) is 0 Å². The van der Waals surface area contributed by atoms with E-state index in [0.29, 0.717) is 12.8 Å². The molecule has 0 spiro atoms. The molecule has 0 aromatic rings. The number of dihydropyridines is 1. The normalized spacial score (nSPS) is 21.8. The fourth-order valence-corrected chi connectivity index (χ4v) is 6.56. The molecular formula is C24H40ClN3O4S. The lowest BCUT2D eigenvalue weighted by Crippen LogP contribution is -2.43. The van der Waals surface area contributed by atoms with Gasteiger partial charge in [-0.2, -0.15) is 0 Å². The maximum Gasteiger partial charge on any atom is 0.321 e. The molecule has 2 unspecified atom stereocenters. The molecule has 0 aromatic carbocycles. The fraction of sp³-hybridized carbons (Fsp3) is 0.750. The van der Waals surface area contributed by atoms with E-state index >= 15 is 0 Å². The molecule has 9 heteroatoms. The Morgan fingerprint density at radius 3 is 2.64 bits per heavy atom. The van der Waals surface area contributed by atoms with Gasteiger partial charge in [-0.3, -0.25) is 9.79 Å². The Kier molecular flexibility index (Phi) is 11.9. The summed E-state index contributed by atoms with van der Waals surface area (Å²) in [5.41, 5.74) is 1.20. The number of unbranched alkanes of at least 4 members (excludes halogenated alkanes) is 4. The molecular weight excluding hydrogens is 462 g/mol. The molecule has 7 nitrogen and oxygen atoms in total. The Morgan fingerprint density at radius 1 is 1.15 bits per heavy atom. The number of sulfonamides is 1. The average molecular weight is 502 g/mol. The van der Waals surface area contributed by atoms with Crippen molar-refractivity contribution in [3.05, 3.63) is 23.8 Å². The van der Waals surface area contributed by atoms with Gasteiger partial charge in [0, 0.05) is 12.1 Å². The highest BCUT2D eigenvalue weighted by molar-refractivity contribution is 7.89. The first-order valence-corrected chi connectivity index (χ1v) is 14.0. The van der Waals surface area contributed by atoms with Crippen molar-refractivity contribution in [2.45, 2.75) is 95.6 Å². The summed E-state index contributed by atoms with van der Waals surface area (Å²) >= 11 is 0. The number of amidine groups is 1. The van der Waals surface area contributed by atoms with Crippen LogP contribution in [0, 0.1) is 5.92 Å². The van der Waals surface area contributed by atoms with Crippen molar-refractivity contribution in [2.24, 2.45) is 10.9 Å². The third-order valence-corrected chi connectivity index (χ3v) is 8.21. The van der Waals surface area contributed by atoms with Crippen LogP contribution in [0.3, 0.4) is 0 Å². The third-order valence-electron chi connectivity index (χ3n) is 6.66. The highest BCUT2D eigenvalue weighted by atomic mass is 35.5. The van der Waals surface area contributed by atoms with Crippen molar-refractivity contribution in [3.8, 4) is 0 Å². The van der Waals surface area contributed by atoms with Crippen LogP contribution < -0.4 is 10.0 Å². The molecule has 0 aromatic heterocycles. The molecule has 1 aliphatic carbocycles. The van der Waals surface area contributed by atoms with E-state index in [4.69, 9.17) is 4.99 Å². The van der Waals surface area contributed by atoms with Crippen LogP contribution in [0.25, 0.3) is 0 Å². The molecule has 0 radical (unpaired) electrons. The second-order valence-corrected chi connectivity index (χ2v) is 11.2. The number of carboxylic acids is 1. The van der Waals surface area contributed by atoms with Gasteiger partial charge in [-0.25, -0.2) is 13.1 Å². The Morgan fingerprint density at radius 2 is 1.88 bits per heavy atom. The Balaban J connectivity index is 0.00000385. The molecule has 3 N–H and O–H groups in total. The number of halogens is 1. The zero-order valence-corrected chi connectivity index (χ0v) is 21.1. The number of rotatable bonds is 13. The smallest absolute Gasteiger partial charge is 0.321 e. The number of hydrogen-bond acceptors (Lipinski definition) is 5. The van der Waals surface area contributed by atoms with Crippen LogP contribution in [0.5, 0.6) is 0 Å². The van der Waals surface area contributed by atoms with Gasteiger partial charge in [0.05, 0.1) is 11.8 Å². The lowest BCUT2D eigenvalue weighted by molar-refractivity contribution is -0.139. The summed E-state index contributed by atoms with van der Waals surface area (Å²) in [6.07, 6.45) is 19.0. The number of hydrogen-bond donors (Lipinski definition) is 3. The molecule has 188 valence electrons. The van der Waals surface area contributed by atoms with Gasteiger partial charge in [0.1, 0.15) is 11.9 Å². The van der Waals surface area contributed by atoms with Crippen molar-refractivity contribution in [1.29, 1.82) is 0 Å². The standard InChI is InChI=1S/C24H39N3O4S.ClH/c28-24(29)22(27-32(30,31)18-19-10-5-4-6-11-19)14-8-3-1-2-7-13-21-16-15-20-12-9-17-25-23(20)26-21;/h12,15-16,19,21-22,27H,1-11,13-14,17-18H2,(H,25,26)(H,28,29);1H. The maximum absolute atomic E-state index is 12.4. The van der Waals surface area contributed by atoms with Crippen molar-refractivity contribution in [1.82, 2.24) is 10.0 Å². The highest BCUT2D eigenvalue weighted by Gasteiger charge is 2.27. The van der Waals surface area contributed by atoms with Crippen molar-refractivity contribution in [2.75, 3.05) is 12.3 Å². The molecule has 1 fully saturated rings. The molecule has 3 aliphatic rings. The lowest BCUT2D eigenvalue weighted by atomic mass is 9.91.